The highest BCUT2D eigenvalue weighted by molar-refractivity contribution is 8.00. The van der Waals surface area contributed by atoms with E-state index in [-0.39, 0.29) is 18.0 Å². The molecule has 0 unspecified atom stereocenters. The summed E-state index contributed by atoms with van der Waals surface area (Å²) < 4.78 is 0. The highest BCUT2D eigenvalue weighted by Crippen LogP contribution is 2.29. The zero-order valence-electron chi connectivity index (χ0n) is 12.3. The number of imide groups is 1. The van der Waals surface area contributed by atoms with Crippen LogP contribution in [-0.4, -0.2) is 29.0 Å². The number of amides is 3. The van der Waals surface area contributed by atoms with Gasteiger partial charge in [-0.2, -0.15) is 0 Å². The fourth-order valence-electron chi connectivity index (χ4n) is 3.15. The molecule has 114 valence electrons. The van der Waals surface area contributed by atoms with Crippen molar-refractivity contribution in [1.29, 1.82) is 0 Å². The maximum atomic E-state index is 11.8. The smallest absolute Gasteiger partial charge is 0.321 e. The molecule has 0 aromatic heterocycles. The van der Waals surface area contributed by atoms with E-state index < -0.39 is 0 Å². The number of thioether (sulfide) groups is 1. The molecule has 5 heteroatoms. The number of urea groups is 1. The minimum atomic E-state index is -0.319. The van der Waals surface area contributed by atoms with E-state index in [0.29, 0.717) is 16.9 Å². The van der Waals surface area contributed by atoms with Crippen LogP contribution >= 0.6 is 11.8 Å². The van der Waals surface area contributed by atoms with Crippen molar-refractivity contribution in [2.24, 2.45) is 5.92 Å². The average Bonchev–Trinajstić information content (AvgIpc) is 2.92. The number of rotatable bonds is 4. The number of hydrogen-bond acceptors (Lipinski definition) is 3. The van der Waals surface area contributed by atoms with Gasteiger partial charge in [-0.05, 0) is 31.6 Å². The van der Waals surface area contributed by atoms with E-state index in [1.807, 2.05) is 0 Å². The first-order valence-electron chi connectivity index (χ1n) is 7.87. The fraction of sp³-hybridized carbons (Fsp3) is 0.867. The van der Waals surface area contributed by atoms with Crippen LogP contribution in [-0.2, 0) is 4.79 Å². The highest BCUT2D eigenvalue weighted by atomic mass is 32.2. The van der Waals surface area contributed by atoms with Gasteiger partial charge in [-0.15, -0.1) is 11.8 Å². The van der Waals surface area contributed by atoms with Crippen molar-refractivity contribution in [2.75, 3.05) is 5.75 Å². The Balaban J connectivity index is 1.63. The predicted molar refractivity (Wildman–Crippen MR) is 82.8 cm³/mol. The van der Waals surface area contributed by atoms with Crippen molar-refractivity contribution in [2.45, 2.75) is 69.6 Å². The fourth-order valence-corrected chi connectivity index (χ4v) is 4.27. The normalized spacial score (nSPS) is 27.2. The molecule has 0 bridgehead atoms. The number of carbonyl (C=O) groups excluding carboxylic acids is 2. The van der Waals surface area contributed by atoms with Gasteiger partial charge in [-0.1, -0.05) is 32.6 Å². The lowest BCUT2D eigenvalue weighted by molar-refractivity contribution is -0.117. The average molecular weight is 298 g/mol. The van der Waals surface area contributed by atoms with Crippen LogP contribution < -0.4 is 10.6 Å². The summed E-state index contributed by atoms with van der Waals surface area (Å²) in [6, 6.07) is -0.0974. The first-order chi connectivity index (χ1) is 9.65. The second kappa shape index (κ2) is 7.91. The summed E-state index contributed by atoms with van der Waals surface area (Å²) in [6.45, 7) is 2.17. The van der Waals surface area contributed by atoms with E-state index in [9.17, 15) is 9.59 Å². The lowest BCUT2D eigenvalue weighted by Crippen LogP contribution is -2.48. The van der Waals surface area contributed by atoms with Crippen LogP contribution in [0.15, 0.2) is 0 Å². The molecule has 2 atom stereocenters. The van der Waals surface area contributed by atoms with Gasteiger partial charge >= 0.3 is 6.03 Å². The van der Waals surface area contributed by atoms with Crippen molar-refractivity contribution in [3.8, 4) is 0 Å². The van der Waals surface area contributed by atoms with Crippen LogP contribution in [0.2, 0.25) is 0 Å². The maximum absolute atomic E-state index is 11.8. The summed E-state index contributed by atoms with van der Waals surface area (Å²) in [7, 11) is 0. The molecular formula is C15H26N2O2S. The van der Waals surface area contributed by atoms with Crippen molar-refractivity contribution in [3.63, 3.8) is 0 Å². The molecule has 0 spiro atoms. The van der Waals surface area contributed by atoms with Gasteiger partial charge in [0.05, 0.1) is 5.75 Å². The topological polar surface area (TPSA) is 58.2 Å². The Hall–Kier alpha value is -0.710. The molecule has 2 aliphatic rings. The Morgan fingerprint density at radius 3 is 2.40 bits per heavy atom. The lowest BCUT2D eigenvalue weighted by atomic mass is 9.86. The first-order valence-corrected chi connectivity index (χ1v) is 8.92. The first kappa shape index (κ1) is 15.7. The second-order valence-corrected chi connectivity index (χ2v) is 7.40. The molecule has 0 aliphatic heterocycles. The van der Waals surface area contributed by atoms with Crippen LogP contribution in [0.5, 0.6) is 0 Å². The van der Waals surface area contributed by atoms with Gasteiger partial charge in [0.15, 0.2) is 0 Å². The Bertz CT molecular complexity index is 343. The van der Waals surface area contributed by atoms with Crippen LogP contribution in [0.1, 0.15) is 58.3 Å². The summed E-state index contributed by atoms with van der Waals surface area (Å²) in [5.74, 6) is 0.749. The van der Waals surface area contributed by atoms with Gasteiger partial charge in [0.25, 0.3) is 0 Å². The van der Waals surface area contributed by atoms with E-state index in [0.717, 1.165) is 12.8 Å². The molecule has 2 rings (SSSR count). The monoisotopic (exact) mass is 298 g/mol. The van der Waals surface area contributed by atoms with Crippen LogP contribution in [0.4, 0.5) is 4.79 Å². The molecular weight excluding hydrogens is 272 g/mol. The lowest BCUT2D eigenvalue weighted by Gasteiger charge is -2.29. The highest BCUT2D eigenvalue weighted by Gasteiger charge is 2.23. The molecule has 3 amide bonds. The Morgan fingerprint density at radius 1 is 1.05 bits per heavy atom. The number of nitrogens with one attached hydrogen (secondary N) is 2. The van der Waals surface area contributed by atoms with Crippen LogP contribution in [0.25, 0.3) is 0 Å². The molecule has 0 aromatic carbocycles. The summed E-state index contributed by atoms with van der Waals surface area (Å²) >= 11 is 1.69. The minimum absolute atomic E-state index is 0.164. The largest absolute Gasteiger partial charge is 0.335 e. The third-order valence-corrected chi connectivity index (χ3v) is 5.80. The zero-order valence-corrected chi connectivity index (χ0v) is 13.1. The van der Waals surface area contributed by atoms with E-state index >= 15 is 0 Å². The molecule has 0 heterocycles. The summed E-state index contributed by atoms with van der Waals surface area (Å²) in [5.41, 5.74) is 0. The quantitative estimate of drug-likeness (QED) is 0.838. The van der Waals surface area contributed by atoms with Gasteiger partial charge in [0, 0.05) is 11.3 Å². The number of carbonyl (C=O) groups is 2. The summed E-state index contributed by atoms with van der Waals surface area (Å²) in [6.07, 6.45) is 9.58. The standard InChI is InChI=1S/C15H26N2O2S/c1-11-6-2-5-9-13(11)16-15(19)17-14(18)10-20-12-7-3-4-8-12/h11-13H,2-10H2,1H3,(H2,16,17,18,19)/t11-,13+/m1/s1. The SMILES string of the molecule is C[C@@H]1CCCC[C@@H]1NC(=O)NC(=O)CSC1CCCC1. The molecule has 20 heavy (non-hydrogen) atoms. The number of hydrogen-bond donors (Lipinski definition) is 2. The Morgan fingerprint density at radius 2 is 1.70 bits per heavy atom. The van der Waals surface area contributed by atoms with Crippen molar-refractivity contribution < 1.29 is 9.59 Å². The molecule has 2 N–H and O–H groups in total. The third kappa shape index (κ3) is 5.00. The predicted octanol–water partition coefficient (Wildman–Crippen LogP) is 3.07. The van der Waals surface area contributed by atoms with Gasteiger partial charge in [-0.3, -0.25) is 10.1 Å². The van der Waals surface area contributed by atoms with Gasteiger partial charge < -0.3 is 5.32 Å². The minimum Gasteiger partial charge on any atom is -0.335 e. The zero-order chi connectivity index (χ0) is 14.4. The molecule has 2 fully saturated rings. The molecule has 4 nitrogen and oxygen atoms in total. The Kier molecular flexibility index (Phi) is 6.20. The van der Waals surface area contributed by atoms with Crippen molar-refractivity contribution in [3.05, 3.63) is 0 Å². The van der Waals surface area contributed by atoms with Gasteiger partial charge in [0.1, 0.15) is 0 Å². The van der Waals surface area contributed by atoms with E-state index in [1.54, 1.807) is 11.8 Å². The maximum Gasteiger partial charge on any atom is 0.321 e. The van der Waals surface area contributed by atoms with Gasteiger partial charge in [-0.25, -0.2) is 4.79 Å². The van der Waals surface area contributed by atoms with E-state index in [2.05, 4.69) is 17.6 Å². The Labute approximate surface area is 125 Å². The van der Waals surface area contributed by atoms with E-state index in [1.165, 1.54) is 38.5 Å². The van der Waals surface area contributed by atoms with Crippen molar-refractivity contribution >= 4 is 23.7 Å². The molecule has 0 radical (unpaired) electrons. The second-order valence-electron chi connectivity index (χ2n) is 6.11. The molecule has 2 aliphatic carbocycles. The molecule has 2 saturated carbocycles. The van der Waals surface area contributed by atoms with Crippen LogP contribution in [0, 0.1) is 5.92 Å². The molecule has 0 aromatic rings. The summed E-state index contributed by atoms with van der Waals surface area (Å²) in [5, 5.41) is 6.02. The van der Waals surface area contributed by atoms with Crippen molar-refractivity contribution in [1.82, 2.24) is 10.6 Å². The molecule has 0 saturated heterocycles. The van der Waals surface area contributed by atoms with E-state index in [4.69, 9.17) is 0 Å². The van der Waals surface area contributed by atoms with Crippen LogP contribution in [0.3, 0.4) is 0 Å². The summed E-state index contributed by atoms with van der Waals surface area (Å²) in [4.78, 5) is 23.6. The van der Waals surface area contributed by atoms with Gasteiger partial charge in [0.2, 0.25) is 5.91 Å². The third-order valence-electron chi connectivity index (χ3n) is 4.43.